The second-order valence-electron chi connectivity index (χ2n) is 3.01. The highest BCUT2D eigenvalue weighted by molar-refractivity contribution is 5.86. The lowest BCUT2D eigenvalue weighted by atomic mass is 10.1. The summed E-state index contributed by atoms with van der Waals surface area (Å²) in [4.78, 5) is 8.23. The Hall–Kier alpha value is -1.44. The number of pyridine rings is 2. The first-order chi connectivity index (χ1) is 5.79. The van der Waals surface area contributed by atoms with Crippen LogP contribution in [0.5, 0.6) is 0 Å². The van der Waals surface area contributed by atoms with Gasteiger partial charge in [-0.25, -0.2) is 0 Å². The van der Waals surface area contributed by atoms with Crippen molar-refractivity contribution in [3.63, 3.8) is 0 Å². The van der Waals surface area contributed by atoms with Crippen molar-refractivity contribution < 1.29 is 0 Å². The number of rotatable bonds is 0. The van der Waals surface area contributed by atoms with Crippen molar-refractivity contribution in [3.05, 3.63) is 35.9 Å². The smallest absolute Gasteiger partial charge is 0.0362 e. The van der Waals surface area contributed by atoms with Crippen LogP contribution in [0.15, 0.2) is 24.8 Å². The number of nitrogens with zero attached hydrogens (tertiary/aromatic N) is 2. The summed E-state index contributed by atoms with van der Waals surface area (Å²) in [6.45, 7) is 4.14. The second-order valence-corrected chi connectivity index (χ2v) is 3.01. The molecule has 0 aliphatic carbocycles. The molecule has 2 aromatic rings. The predicted molar refractivity (Wildman–Crippen MR) is 49.0 cm³/mol. The fourth-order valence-corrected chi connectivity index (χ4v) is 1.52. The van der Waals surface area contributed by atoms with Gasteiger partial charge in [0, 0.05) is 30.2 Å². The fraction of sp³-hybridized carbons (Fsp3) is 0.200. The van der Waals surface area contributed by atoms with Gasteiger partial charge in [-0.05, 0) is 30.4 Å². The lowest BCUT2D eigenvalue weighted by Crippen LogP contribution is -1.86. The lowest BCUT2D eigenvalue weighted by molar-refractivity contribution is 1.25. The van der Waals surface area contributed by atoms with Crippen LogP contribution in [0.2, 0.25) is 0 Å². The zero-order valence-electron chi connectivity index (χ0n) is 7.20. The lowest BCUT2D eigenvalue weighted by Gasteiger charge is -2.02. The Morgan fingerprint density at radius 2 is 1.33 bits per heavy atom. The van der Waals surface area contributed by atoms with Crippen molar-refractivity contribution in [1.82, 2.24) is 9.97 Å². The fourth-order valence-electron chi connectivity index (χ4n) is 1.52. The number of aromatic nitrogens is 2. The summed E-state index contributed by atoms with van der Waals surface area (Å²) in [5.41, 5.74) is 2.43. The molecule has 0 saturated heterocycles. The van der Waals surface area contributed by atoms with Crippen molar-refractivity contribution >= 4 is 10.8 Å². The normalized spacial score (nSPS) is 10.5. The Morgan fingerprint density at radius 1 is 0.833 bits per heavy atom. The van der Waals surface area contributed by atoms with Crippen LogP contribution >= 0.6 is 0 Å². The predicted octanol–water partition coefficient (Wildman–Crippen LogP) is 2.25. The SMILES string of the molecule is Cc1cncc2cncc(C)c12. The Bertz CT molecular complexity index is 384. The quantitative estimate of drug-likeness (QED) is 0.587. The standard InChI is InChI=1S/C10H10N2/c1-7-3-11-5-9-6-12-4-8(2)10(7)9/h3-6H,1-2H3. The number of hydrogen-bond acceptors (Lipinski definition) is 2. The molecule has 2 heterocycles. The average Bonchev–Trinajstić information content (AvgIpc) is 2.04. The first-order valence-electron chi connectivity index (χ1n) is 3.94. The molecule has 0 radical (unpaired) electrons. The van der Waals surface area contributed by atoms with E-state index in [1.165, 1.54) is 16.5 Å². The van der Waals surface area contributed by atoms with Crippen molar-refractivity contribution in [3.8, 4) is 0 Å². The van der Waals surface area contributed by atoms with E-state index in [9.17, 15) is 0 Å². The van der Waals surface area contributed by atoms with Crippen LogP contribution in [0.25, 0.3) is 10.8 Å². The third kappa shape index (κ3) is 0.961. The van der Waals surface area contributed by atoms with E-state index >= 15 is 0 Å². The van der Waals surface area contributed by atoms with Gasteiger partial charge in [0.25, 0.3) is 0 Å². The molecule has 0 fully saturated rings. The molecule has 0 saturated carbocycles. The zero-order valence-corrected chi connectivity index (χ0v) is 7.20. The maximum absolute atomic E-state index is 4.11. The average molecular weight is 158 g/mol. The highest BCUT2D eigenvalue weighted by atomic mass is 14.7. The van der Waals surface area contributed by atoms with Crippen LogP contribution < -0.4 is 0 Å². The molecular formula is C10H10N2. The largest absolute Gasteiger partial charge is 0.264 e. The van der Waals surface area contributed by atoms with Gasteiger partial charge in [-0.3, -0.25) is 9.97 Å². The summed E-state index contributed by atoms with van der Waals surface area (Å²) in [6, 6.07) is 0. The van der Waals surface area contributed by atoms with Gasteiger partial charge < -0.3 is 0 Å². The molecule has 0 unspecified atom stereocenters. The number of hydrogen-bond donors (Lipinski definition) is 0. The van der Waals surface area contributed by atoms with Crippen LogP contribution in [0, 0.1) is 13.8 Å². The van der Waals surface area contributed by atoms with Crippen LogP contribution in [0.1, 0.15) is 11.1 Å². The molecule has 0 aliphatic rings. The summed E-state index contributed by atoms with van der Waals surface area (Å²) in [7, 11) is 0. The zero-order chi connectivity index (χ0) is 8.55. The van der Waals surface area contributed by atoms with Crippen molar-refractivity contribution in [2.24, 2.45) is 0 Å². The third-order valence-electron chi connectivity index (χ3n) is 2.04. The summed E-state index contributed by atoms with van der Waals surface area (Å²) < 4.78 is 0. The first-order valence-corrected chi connectivity index (χ1v) is 3.94. The van der Waals surface area contributed by atoms with Crippen molar-refractivity contribution in [1.29, 1.82) is 0 Å². The third-order valence-corrected chi connectivity index (χ3v) is 2.04. The second kappa shape index (κ2) is 2.55. The minimum absolute atomic E-state index is 1.12. The van der Waals surface area contributed by atoms with Crippen molar-refractivity contribution in [2.45, 2.75) is 13.8 Å². The van der Waals surface area contributed by atoms with Gasteiger partial charge >= 0.3 is 0 Å². The molecule has 2 nitrogen and oxygen atoms in total. The minimum atomic E-state index is 1.12. The van der Waals surface area contributed by atoms with Crippen molar-refractivity contribution in [2.75, 3.05) is 0 Å². The molecule has 2 aromatic heterocycles. The highest BCUT2D eigenvalue weighted by Crippen LogP contribution is 2.18. The maximum Gasteiger partial charge on any atom is 0.0362 e. The maximum atomic E-state index is 4.11. The van der Waals surface area contributed by atoms with Crippen LogP contribution in [0.3, 0.4) is 0 Å². The summed E-state index contributed by atoms with van der Waals surface area (Å²) in [5.74, 6) is 0. The van der Waals surface area contributed by atoms with Gasteiger partial charge in [0.1, 0.15) is 0 Å². The highest BCUT2D eigenvalue weighted by Gasteiger charge is 1.99. The van der Waals surface area contributed by atoms with Crippen LogP contribution in [-0.2, 0) is 0 Å². The molecule has 2 heteroatoms. The molecule has 0 amide bonds. The van der Waals surface area contributed by atoms with Crippen LogP contribution in [0.4, 0.5) is 0 Å². The molecule has 60 valence electrons. The molecule has 12 heavy (non-hydrogen) atoms. The van der Waals surface area contributed by atoms with Gasteiger partial charge in [-0.2, -0.15) is 0 Å². The molecular weight excluding hydrogens is 148 g/mol. The molecule has 0 aromatic carbocycles. The molecule has 0 spiro atoms. The topological polar surface area (TPSA) is 25.8 Å². The van der Waals surface area contributed by atoms with E-state index in [1.807, 2.05) is 24.8 Å². The Labute approximate surface area is 71.3 Å². The summed E-state index contributed by atoms with van der Waals surface area (Å²) in [6.07, 6.45) is 7.47. The molecule has 0 bridgehead atoms. The van der Waals surface area contributed by atoms with E-state index in [0.717, 1.165) is 5.39 Å². The minimum Gasteiger partial charge on any atom is -0.264 e. The molecule has 0 N–H and O–H groups in total. The van der Waals surface area contributed by atoms with E-state index in [1.54, 1.807) is 0 Å². The van der Waals surface area contributed by atoms with Gasteiger partial charge in [0.05, 0.1) is 0 Å². The van der Waals surface area contributed by atoms with E-state index in [-0.39, 0.29) is 0 Å². The van der Waals surface area contributed by atoms with E-state index in [0.29, 0.717) is 0 Å². The van der Waals surface area contributed by atoms with E-state index < -0.39 is 0 Å². The molecule has 0 atom stereocenters. The molecule has 2 rings (SSSR count). The summed E-state index contributed by atoms with van der Waals surface area (Å²) >= 11 is 0. The van der Waals surface area contributed by atoms with Gasteiger partial charge in [-0.15, -0.1) is 0 Å². The van der Waals surface area contributed by atoms with Gasteiger partial charge in [0.15, 0.2) is 0 Å². The van der Waals surface area contributed by atoms with E-state index in [4.69, 9.17) is 0 Å². The first kappa shape index (κ1) is 7.22. The van der Waals surface area contributed by atoms with E-state index in [2.05, 4.69) is 23.8 Å². The Balaban J connectivity index is 2.96. The Kier molecular flexibility index (Phi) is 1.54. The Morgan fingerprint density at radius 3 is 1.75 bits per heavy atom. The van der Waals surface area contributed by atoms with Gasteiger partial charge in [-0.1, -0.05) is 0 Å². The number of fused-ring (bicyclic) bond motifs is 1. The number of aryl methyl sites for hydroxylation is 2. The molecule has 0 aliphatic heterocycles. The summed E-state index contributed by atoms with van der Waals surface area (Å²) in [5, 5.41) is 2.40. The monoisotopic (exact) mass is 158 g/mol. The van der Waals surface area contributed by atoms with Crippen LogP contribution in [-0.4, -0.2) is 9.97 Å². The van der Waals surface area contributed by atoms with Gasteiger partial charge in [0.2, 0.25) is 0 Å².